The molecule has 1 heterocycles. The van der Waals surface area contributed by atoms with Gasteiger partial charge in [-0.1, -0.05) is 6.92 Å². The van der Waals surface area contributed by atoms with Gasteiger partial charge in [0, 0.05) is 6.54 Å². The number of aromatic amines is 1. The van der Waals surface area contributed by atoms with Crippen LogP contribution in [0.2, 0.25) is 0 Å². The van der Waals surface area contributed by atoms with Crippen molar-refractivity contribution in [3.8, 4) is 0 Å². The molecule has 0 saturated heterocycles. The van der Waals surface area contributed by atoms with Crippen molar-refractivity contribution in [1.29, 1.82) is 0 Å². The number of hydrogen-bond donors (Lipinski definition) is 3. The molecule has 5 heteroatoms. The van der Waals surface area contributed by atoms with Crippen LogP contribution in [-0.4, -0.2) is 22.6 Å². The number of nitrogens with zero attached hydrogens (tertiary/aromatic N) is 1. The summed E-state index contributed by atoms with van der Waals surface area (Å²) in [7, 11) is 0. The number of anilines is 1. The molecule has 1 aromatic heterocycles. The van der Waals surface area contributed by atoms with E-state index < -0.39 is 0 Å². The molecule has 2 fully saturated rings. The summed E-state index contributed by atoms with van der Waals surface area (Å²) in [5.41, 5.74) is 7.97. The topological polar surface area (TPSA) is 83.8 Å². The molecule has 2 aliphatic carbocycles. The van der Waals surface area contributed by atoms with Crippen molar-refractivity contribution in [2.45, 2.75) is 39.0 Å². The van der Waals surface area contributed by atoms with Crippen molar-refractivity contribution in [2.24, 2.45) is 11.3 Å². The summed E-state index contributed by atoms with van der Waals surface area (Å²) in [4.78, 5) is 12.0. The lowest BCUT2D eigenvalue weighted by Crippen LogP contribution is -2.31. The predicted octanol–water partition coefficient (Wildman–Crippen LogP) is 1.47. The zero-order chi connectivity index (χ0) is 12.8. The smallest absolute Gasteiger partial charge is 0.273 e. The van der Waals surface area contributed by atoms with Gasteiger partial charge in [0.05, 0.1) is 11.4 Å². The van der Waals surface area contributed by atoms with Gasteiger partial charge in [-0.3, -0.25) is 9.89 Å². The van der Waals surface area contributed by atoms with Crippen LogP contribution in [0.5, 0.6) is 0 Å². The third-order valence-electron chi connectivity index (χ3n) is 4.39. The molecule has 0 unspecified atom stereocenters. The molecule has 2 aliphatic rings. The highest BCUT2D eigenvalue weighted by Crippen LogP contribution is 2.60. The Bertz CT molecular complexity index is 471. The van der Waals surface area contributed by atoms with Crippen LogP contribution in [0, 0.1) is 11.3 Å². The molecular weight excluding hydrogens is 228 g/mol. The first-order valence-electron chi connectivity index (χ1n) is 6.77. The molecule has 0 bridgehead atoms. The number of aryl methyl sites for hydroxylation is 1. The zero-order valence-corrected chi connectivity index (χ0v) is 10.8. The van der Waals surface area contributed by atoms with E-state index in [9.17, 15) is 4.79 Å². The number of amides is 1. The normalized spacial score (nSPS) is 20.7. The highest BCUT2D eigenvalue weighted by atomic mass is 16.1. The van der Waals surface area contributed by atoms with Crippen molar-refractivity contribution in [3.63, 3.8) is 0 Å². The second kappa shape index (κ2) is 4.00. The van der Waals surface area contributed by atoms with E-state index in [-0.39, 0.29) is 5.91 Å². The summed E-state index contributed by atoms with van der Waals surface area (Å²) >= 11 is 0. The fraction of sp³-hybridized carbons (Fsp3) is 0.692. The molecule has 0 radical (unpaired) electrons. The number of nitrogens with two attached hydrogens (primary N) is 1. The molecule has 18 heavy (non-hydrogen) atoms. The number of aromatic nitrogens is 2. The molecule has 5 nitrogen and oxygen atoms in total. The Kier molecular flexibility index (Phi) is 2.57. The summed E-state index contributed by atoms with van der Waals surface area (Å²) in [6, 6.07) is 0. The third-order valence-corrected chi connectivity index (χ3v) is 4.39. The van der Waals surface area contributed by atoms with Gasteiger partial charge in [-0.05, 0) is 43.4 Å². The predicted molar refractivity (Wildman–Crippen MR) is 69.1 cm³/mol. The second-order valence-electron chi connectivity index (χ2n) is 5.64. The van der Waals surface area contributed by atoms with E-state index in [1.54, 1.807) is 0 Å². The summed E-state index contributed by atoms with van der Waals surface area (Å²) in [6.45, 7) is 2.77. The van der Waals surface area contributed by atoms with Gasteiger partial charge in [-0.25, -0.2) is 0 Å². The lowest BCUT2D eigenvalue weighted by molar-refractivity contribution is 0.0938. The molecule has 2 saturated carbocycles. The van der Waals surface area contributed by atoms with Crippen LogP contribution in [-0.2, 0) is 6.42 Å². The standard InChI is InChI=1S/C13H20N4O/c1-2-9-10(14)11(17-16-9)12(18)15-7-13(5-6-13)8-3-4-8/h8H,2-7,14H2,1H3,(H,15,18)(H,16,17). The van der Waals surface area contributed by atoms with Gasteiger partial charge in [0.25, 0.3) is 5.91 Å². The Labute approximate surface area is 107 Å². The number of nitrogens with one attached hydrogen (secondary N) is 2. The Morgan fingerprint density at radius 2 is 2.28 bits per heavy atom. The van der Waals surface area contributed by atoms with Crippen LogP contribution in [0.3, 0.4) is 0 Å². The van der Waals surface area contributed by atoms with Crippen LogP contribution in [0.15, 0.2) is 0 Å². The minimum absolute atomic E-state index is 0.143. The van der Waals surface area contributed by atoms with Crippen LogP contribution in [0.1, 0.15) is 48.8 Å². The molecule has 0 aliphatic heterocycles. The Morgan fingerprint density at radius 3 is 2.78 bits per heavy atom. The SMILES string of the molecule is CCc1[nH]nc(C(=O)NCC2(C3CC3)CC2)c1N. The number of carbonyl (C=O) groups is 1. The number of nitrogen functional groups attached to an aromatic ring is 1. The summed E-state index contributed by atoms with van der Waals surface area (Å²) in [5, 5.41) is 9.82. The van der Waals surface area contributed by atoms with E-state index in [2.05, 4.69) is 15.5 Å². The van der Waals surface area contributed by atoms with E-state index in [1.165, 1.54) is 25.7 Å². The molecule has 1 amide bonds. The highest BCUT2D eigenvalue weighted by Gasteiger charge is 2.53. The van der Waals surface area contributed by atoms with E-state index in [0.717, 1.165) is 24.6 Å². The molecule has 0 aromatic carbocycles. The second-order valence-corrected chi connectivity index (χ2v) is 5.64. The van der Waals surface area contributed by atoms with Crippen molar-refractivity contribution < 1.29 is 4.79 Å². The van der Waals surface area contributed by atoms with Gasteiger partial charge in [-0.15, -0.1) is 0 Å². The summed E-state index contributed by atoms with van der Waals surface area (Å²) in [6.07, 6.45) is 5.95. The number of rotatable bonds is 5. The van der Waals surface area contributed by atoms with Crippen LogP contribution in [0.4, 0.5) is 5.69 Å². The molecule has 3 rings (SSSR count). The maximum absolute atomic E-state index is 12.0. The van der Waals surface area contributed by atoms with E-state index in [1.807, 2.05) is 6.92 Å². The Hall–Kier alpha value is -1.52. The number of carbonyl (C=O) groups excluding carboxylic acids is 1. The van der Waals surface area contributed by atoms with Crippen LogP contribution < -0.4 is 11.1 Å². The van der Waals surface area contributed by atoms with E-state index in [4.69, 9.17) is 5.73 Å². The van der Waals surface area contributed by atoms with Gasteiger partial charge in [0.2, 0.25) is 0 Å². The van der Waals surface area contributed by atoms with Crippen molar-refractivity contribution in [2.75, 3.05) is 12.3 Å². The minimum atomic E-state index is -0.143. The molecule has 1 aromatic rings. The Balaban J connectivity index is 1.62. The third kappa shape index (κ3) is 1.87. The monoisotopic (exact) mass is 248 g/mol. The average molecular weight is 248 g/mol. The van der Waals surface area contributed by atoms with Gasteiger partial charge >= 0.3 is 0 Å². The summed E-state index contributed by atoms with van der Waals surface area (Å²) < 4.78 is 0. The molecule has 0 spiro atoms. The average Bonchev–Trinajstić information content (AvgIpc) is 3.24. The maximum Gasteiger partial charge on any atom is 0.273 e. The zero-order valence-electron chi connectivity index (χ0n) is 10.8. The molecule has 98 valence electrons. The number of H-pyrrole nitrogens is 1. The fourth-order valence-corrected chi connectivity index (χ4v) is 2.76. The molecule has 4 N–H and O–H groups in total. The first kappa shape index (κ1) is 11.6. The van der Waals surface area contributed by atoms with Crippen LogP contribution >= 0.6 is 0 Å². The maximum atomic E-state index is 12.0. The number of hydrogen-bond acceptors (Lipinski definition) is 3. The fourth-order valence-electron chi connectivity index (χ4n) is 2.76. The first-order valence-corrected chi connectivity index (χ1v) is 6.77. The highest BCUT2D eigenvalue weighted by molar-refractivity contribution is 5.97. The molecule has 0 atom stereocenters. The van der Waals surface area contributed by atoms with Gasteiger partial charge in [0.1, 0.15) is 0 Å². The van der Waals surface area contributed by atoms with E-state index in [0.29, 0.717) is 16.8 Å². The van der Waals surface area contributed by atoms with Crippen molar-refractivity contribution >= 4 is 11.6 Å². The quantitative estimate of drug-likeness (QED) is 0.738. The lowest BCUT2D eigenvalue weighted by atomic mass is 10.0. The van der Waals surface area contributed by atoms with Crippen molar-refractivity contribution in [3.05, 3.63) is 11.4 Å². The van der Waals surface area contributed by atoms with Crippen LogP contribution in [0.25, 0.3) is 0 Å². The van der Waals surface area contributed by atoms with Gasteiger partial charge < -0.3 is 11.1 Å². The van der Waals surface area contributed by atoms with E-state index >= 15 is 0 Å². The van der Waals surface area contributed by atoms with Gasteiger partial charge in [-0.2, -0.15) is 5.10 Å². The van der Waals surface area contributed by atoms with Crippen molar-refractivity contribution in [1.82, 2.24) is 15.5 Å². The lowest BCUT2D eigenvalue weighted by Gasteiger charge is -2.14. The Morgan fingerprint density at radius 1 is 1.56 bits per heavy atom. The minimum Gasteiger partial charge on any atom is -0.395 e. The first-order chi connectivity index (χ1) is 8.66. The summed E-state index contributed by atoms with van der Waals surface area (Å²) in [5.74, 6) is 0.705. The van der Waals surface area contributed by atoms with Gasteiger partial charge in [0.15, 0.2) is 5.69 Å². The largest absolute Gasteiger partial charge is 0.395 e. The molecular formula is C13H20N4O.